The number of amides is 2. The van der Waals surface area contributed by atoms with E-state index in [1.165, 1.54) is 64.5 Å². The average molecular weight is 526 g/mol. The highest BCUT2D eigenvalue weighted by Crippen LogP contribution is 2.42. The Labute approximate surface area is 205 Å². The van der Waals surface area contributed by atoms with Crippen molar-refractivity contribution < 1.29 is 24.4 Å². The normalized spacial score (nSPS) is 20.6. The molecule has 0 unspecified atom stereocenters. The van der Waals surface area contributed by atoms with Crippen LogP contribution in [0, 0.1) is 24.0 Å². The summed E-state index contributed by atoms with van der Waals surface area (Å²) < 4.78 is 1.88. The molecule has 180 valence electrons. The van der Waals surface area contributed by atoms with E-state index >= 15 is 0 Å². The molecule has 2 aromatic rings. The van der Waals surface area contributed by atoms with Crippen LogP contribution in [0.4, 0.5) is 5.69 Å². The van der Waals surface area contributed by atoms with Crippen LogP contribution >= 0.6 is 34.9 Å². The Morgan fingerprint density at radius 2 is 2.15 bits per heavy atom. The van der Waals surface area contributed by atoms with Gasteiger partial charge in [-0.25, -0.2) is 4.79 Å². The number of carboxylic acid groups (broad SMARTS) is 1. The fourth-order valence-electron chi connectivity index (χ4n) is 3.52. The van der Waals surface area contributed by atoms with Gasteiger partial charge in [-0.1, -0.05) is 23.1 Å². The summed E-state index contributed by atoms with van der Waals surface area (Å²) in [4.78, 5) is 49.2. The van der Waals surface area contributed by atoms with Crippen molar-refractivity contribution >= 4 is 58.3 Å². The highest BCUT2D eigenvalue weighted by Gasteiger charge is 2.54. The van der Waals surface area contributed by atoms with Crippen molar-refractivity contribution in [3.05, 3.63) is 38.3 Å². The molecule has 34 heavy (non-hydrogen) atoms. The number of carbonyl (C=O) groups excluding carboxylic acids is 2. The van der Waals surface area contributed by atoms with Gasteiger partial charge >= 0.3 is 11.7 Å². The second-order valence-corrected chi connectivity index (χ2v) is 11.1. The number of nitro groups is 1. The van der Waals surface area contributed by atoms with Gasteiger partial charge in [-0.3, -0.25) is 29.3 Å². The topological polar surface area (TPSA) is 173 Å². The molecule has 0 saturated carbocycles. The molecule has 16 heteroatoms. The molecule has 2 aliphatic heterocycles. The quantitative estimate of drug-likeness (QED) is 0.220. The fraction of sp³-hybridized carbons (Fsp3) is 0.444. The van der Waals surface area contributed by atoms with E-state index in [1.54, 1.807) is 0 Å². The number of nitrogens with one attached hydrogen (secondary N) is 1. The van der Waals surface area contributed by atoms with Gasteiger partial charge in [-0.05, 0) is 26.3 Å². The summed E-state index contributed by atoms with van der Waals surface area (Å²) >= 11 is 4.13. The van der Waals surface area contributed by atoms with Gasteiger partial charge in [0.2, 0.25) is 5.91 Å². The fourth-order valence-corrected chi connectivity index (χ4v) is 6.82. The molecule has 2 N–H and O–H groups in total. The number of fused-ring (bicyclic) bond motifs is 1. The molecule has 4 heterocycles. The second kappa shape index (κ2) is 9.34. The van der Waals surface area contributed by atoms with Crippen LogP contribution in [0.2, 0.25) is 0 Å². The Morgan fingerprint density at radius 3 is 2.74 bits per heavy atom. The minimum Gasteiger partial charge on any atom is -0.477 e. The smallest absolute Gasteiger partial charge is 0.352 e. The van der Waals surface area contributed by atoms with Crippen LogP contribution in [-0.2, 0) is 14.4 Å². The SMILES string of the molecule is Cc1nnc(SCC2=C(C(=O)O)N3C(=O)[C@H](NC(=O)[C@@H](C)n4cc([N+](=O)[O-])c(C)n4)[C@@H]3SC2)s1. The first-order valence-corrected chi connectivity index (χ1v) is 12.8. The minimum absolute atomic E-state index is 0.0700. The standard InChI is InChI=1S/C18H19N7O6S3/c1-7-11(25(30)31)4-23(22-7)8(2)14(26)19-12-15(27)24-13(17(28)29)10(5-32-16(12)24)6-33-18-21-20-9(3)34-18/h4,8,12,16H,5-6H2,1-3H3,(H,19,26)(H,28,29)/t8-,12+,16+/m1/s1. The van der Waals surface area contributed by atoms with Crippen molar-refractivity contribution in [1.29, 1.82) is 0 Å². The molecule has 1 fully saturated rings. The van der Waals surface area contributed by atoms with Crippen molar-refractivity contribution in [3.63, 3.8) is 0 Å². The number of aliphatic carboxylic acids is 1. The number of thioether (sulfide) groups is 2. The van der Waals surface area contributed by atoms with Gasteiger partial charge in [0.25, 0.3) is 5.91 Å². The second-order valence-electron chi connectivity index (χ2n) is 7.54. The number of carboxylic acids is 1. The molecule has 0 spiro atoms. The van der Waals surface area contributed by atoms with Crippen LogP contribution in [0.25, 0.3) is 0 Å². The lowest BCUT2D eigenvalue weighted by Crippen LogP contribution is -2.71. The summed E-state index contributed by atoms with van der Waals surface area (Å²) in [6.07, 6.45) is 1.17. The van der Waals surface area contributed by atoms with Gasteiger partial charge in [0, 0.05) is 11.5 Å². The van der Waals surface area contributed by atoms with E-state index in [0.29, 0.717) is 21.4 Å². The maximum Gasteiger partial charge on any atom is 0.352 e. The molecule has 3 atom stereocenters. The predicted octanol–water partition coefficient (Wildman–Crippen LogP) is 1.35. The summed E-state index contributed by atoms with van der Waals surface area (Å²) in [6.45, 7) is 4.80. The van der Waals surface area contributed by atoms with E-state index < -0.39 is 40.2 Å². The summed E-state index contributed by atoms with van der Waals surface area (Å²) in [5.41, 5.74) is 0.485. The average Bonchev–Trinajstić information content (AvgIpc) is 3.39. The van der Waals surface area contributed by atoms with Crippen molar-refractivity contribution in [3.8, 4) is 0 Å². The van der Waals surface area contributed by atoms with Crippen molar-refractivity contribution in [1.82, 2.24) is 30.2 Å². The molecule has 0 aliphatic carbocycles. The largest absolute Gasteiger partial charge is 0.477 e. The highest BCUT2D eigenvalue weighted by molar-refractivity contribution is 8.01. The summed E-state index contributed by atoms with van der Waals surface area (Å²) in [6, 6.07) is -1.80. The molecular formula is C18H19N7O6S3. The lowest BCUT2D eigenvalue weighted by atomic mass is 10.0. The molecule has 13 nitrogen and oxygen atoms in total. The van der Waals surface area contributed by atoms with Gasteiger partial charge in [-0.15, -0.1) is 22.0 Å². The van der Waals surface area contributed by atoms with Crippen LogP contribution in [0.15, 0.2) is 21.8 Å². The Morgan fingerprint density at radius 1 is 1.41 bits per heavy atom. The van der Waals surface area contributed by atoms with Crippen LogP contribution in [0.1, 0.15) is 23.7 Å². The highest BCUT2D eigenvalue weighted by atomic mass is 32.2. The molecule has 2 aromatic heterocycles. The van der Waals surface area contributed by atoms with Crippen LogP contribution < -0.4 is 5.32 Å². The first-order chi connectivity index (χ1) is 16.1. The lowest BCUT2D eigenvalue weighted by Gasteiger charge is -2.49. The molecule has 2 aliphatic rings. The number of rotatable bonds is 8. The number of hydrogen-bond acceptors (Lipinski definition) is 11. The third-order valence-corrected chi connectivity index (χ3v) is 8.69. The first kappa shape index (κ1) is 24.2. The van der Waals surface area contributed by atoms with Crippen molar-refractivity contribution in [2.24, 2.45) is 0 Å². The van der Waals surface area contributed by atoms with Crippen LogP contribution in [0.3, 0.4) is 0 Å². The zero-order valence-corrected chi connectivity index (χ0v) is 20.6. The molecule has 1 saturated heterocycles. The first-order valence-electron chi connectivity index (χ1n) is 9.92. The van der Waals surface area contributed by atoms with Gasteiger partial charge in [0.05, 0.1) is 4.92 Å². The number of hydrogen-bond donors (Lipinski definition) is 2. The van der Waals surface area contributed by atoms with Crippen molar-refractivity contribution in [2.75, 3.05) is 11.5 Å². The zero-order valence-electron chi connectivity index (χ0n) is 18.1. The summed E-state index contributed by atoms with van der Waals surface area (Å²) in [5, 5.41) is 35.7. The lowest BCUT2D eigenvalue weighted by molar-refractivity contribution is -0.385. The minimum atomic E-state index is -1.21. The molecule has 0 radical (unpaired) electrons. The maximum absolute atomic E-state index is 12.8. The number of aromatic nitrogens is 4. The van der Waals surface area contributed by atoms with E-state index in [2.05, 4.69) is 20.6 Å². The van der Waals surface area contributed by atoms with Crippen LogP contribution in [0.5, 0.6) is 0 Å². The number of nitrogens with zero attached hydrogens (tertiary/aromatic N) is 6. The Bertz CT molecular complexity index is 1220. The Hall–Kier alpha value is -2.98. The van der Waals surface area contributed by atoms with E-state index in [9.17, 15) is 29.6 Å². The summed E-state index contributed by atoms with van der Waals surface area (Å²) in [7, 11) is 0. The monoisotopic (exact) mass is 525 g/mol. The number of aryl methyl sites for hydroxylation is 2. The number of carbonyl (C=O) groups is 3. The van der Waals surface area contributed by atoms with Gasteiger partial charge in [-0.2, -0.15) is 5.10 Å². The third-order valence-electron chi connectivity index (χ3n) is 5.29. The van der Waals surface area contributed by atoms with Gasteiger partial charge < -0.3 is 10.4 Å². The predicted molar refractivity (Wildman–Crippen MR) is 123 cm³/mol. The maximum atomic E-state index is 12.8. The van der Waals surface area contributed by atoms with E-state index in [4.69, 9.17) is 0 Å². The Balaban J connectivity index is 1.45. The molecule has 0 bridgehead atoms. The van der Waals surface area contributed by atoms with Crippen molar-refractivity contribution in [2.45, 2.75) is 42.6 Å². The zero-order chi connectivity index (χ0) is 24.7. The van der Waals surface area contributed by atoms with Crippen LogP contribution in [-0.4, -0.2) is 75.6 Å². The summed E-state index contributed by atoms with van der Waals surface area (Å²) in [5.74, 6) is -1.55. The molecule has 0 aromatic carbocycles. The van der Waals surface area contributed by atoms with E-state index in [1.807, 2.05) is 6.92 Å². The van der Waals surface area contributed by atoms with Gasteiger partial charge in [0.15, 0.2) is 4.34 Å². The number of β-lactam (4-membered cyclic amide) rings is 1. The van der Waals surface area contributed by atoms with E-state index in [0.717, 1.165) is 5.01 Å². The molecule has 4 rings (SSSR count). The molecule has 2 amide bonds. The van der Waals surface area contributed by atoms with Gasteiger partial charge in [0.1, 0.15) is 40.1 Å². The third kappa shape index (κ3) is 4.39. The molecular weight excluding hydrogens is 506 g/mol. The Kier molecular flexibility index (Phi) is 6.64. The van der Waals surface area contributed by atoms with E-state index in [-0.39, 0.29) is 17.1 Å².